The molecule has 5 heteroatoms. The number of aryl methyl sites for hydroxylation is 1. The van der Waals surface area contributed by atoms with Gasteiger partial charge in [-0.25, -0.2) is 0 Å². The van der Waals surface area contributed by atoms with E-state index in [1.807, 2.05) is 38.1 Å². The Labute approximate surface area is 119 Å². The Morgan fingerprint density at radius 3 is 2.60 bits per heavy atom. The van der Waals surface area contributed by atoms with Crippen LogP contribution in [0.3, 0.4) is 0 Å². The van der Waals surface area contributed by atoms with Gasteiger partial charge in [0, 0.05) is 18.8 Å². The lowest BCUT2D eigenvalue weighted by Gasteiger charge is -2.24. The molecule has 0 bridgehead atoms. The number of benzene rings is 1. The second kappa shape index (κ2) is 8.32. The van der Waals surface area contributed by atoms with E-state index in [1.54, 1.807) is 0 Å². The Morgan fingerprint density at radius 1 is 1.30 bits per heavy atom. The molecular formula is C15H21NO4. The summed E-state index contributed by atoms with van der Waals surface area (Å²) in [5.41, 5.74) is 1.67. The first-order valence-electron chi connectivity index (χ1n) is 6.71. The van der Waals surface area contributed by atoms with E-state index in [1.165, 1.54) is 4.90 Å². The summed E-state index contributed by atoms with van der Waals surface area (Å²) in [5, 5.41) is 8.81. The van der Waals surface area contributed by atoms with Crippen molar-refractivity contribution in [2.24, 2.45) is 0 Å². The van der Waals surface area contributed by atoms with Crippen LogP contribution < -0.4 is 4.90 Å². The van der Waals surface area contributed by atoms with E-state index >= 15 is 0 Å². The minimum atomic E-state index is -0.925. The minimum Gasteiger partial charge on any atom is -0.481 e. The highest BCUT2D eigenvalue weighted by molar-refractivity contribution is 5.95. The predicted octanol–water partition coefficient (Wildman–Crippen LogP) is 2.23. The van der Waals surface area contributed by atoms with Crippen LogP contribution in [0.1, 0.15) is 25.3 Å². The van der Waals surface area contributed by atoms with Crippen LogP contribution in [-0.4, -0.2) is 36.7 Å². The van der Waals surface area contributed by atoms with Crippen LogP contribution in [0.4, 0.5) is 5.69 Å². The summed E-state index contributed by atoms with van der Waals surface area (Å²) in [6, 6.07) is 7.42. The van der Waals surface area contributed by atoms with Crippen molar-refractivity contribution in [3.8, 4) is 0 Å². The lowest BCUT2D eigenvalue weighted by molar-refractivity contribution is -0.136. The summed E-state index contributed by atoms with van der Waals surface area (Å²) in [6.45, 7) is 4.50. The summed E-state index contributed by atoms with van der Waals surface area (Å²) in [5.74, 6) is -1.14. The third-order valence-electron chi connectivity index (χ3n) is 2.83. The van der Waals surface area contributed by atoms with Gasteiger partial charge in [-0.3, -0.25) is 9.59 Å². The summed E-state index contributed by atoms with van der Waals surface area (Å²) in [4.78, 5) is 24.4. The number of carbonyl (C=O) groups is 2. The van der Waals surface area contributed by atoms with Gasteiger partial charge in [-0.2, -0.15) is 0 Å². The Morgan fingerprint density at radius 2 is 2.00 bits per heavy atom. The van der Waals surface area contributed by atoms with Crippen LogP contribution >= 0.6 is 0 Å². The van der Waals surface area contributed by atoms with Crippen LogP contribution in [0.15, 0.2) is 24.3 Å². The van der Waals surface area contributed by atoms with E-state index in [0.717, 1.165) is 17.7 Å². The molecule has 0 unspecified atom stereocenters. The van der Waals surface area contributed by atoms with Gasteiger partial charge in [0.2, 0.25) is 0 Å². The Kier molecular flexibility index (Phi) is 6.73. The molecule has 1 N–H and O–H groups in total. The molecule has 1 amide bonds. The standard InChI is InChI=1S/C15H21NO4/c1-3-10-20-11-14(17)16(9-8-15(18)19)13-7-5-4-6-12(13)2/h4-7H,3,8-11H2,1-2H3,(H,18,19). The Balaban J connectivity index is 2.82. The van der Waals surface area contributed by atoms with Crippen molar-refractivity contribution in [1.82, 2.24) is 0 Å². The molecule has 110 valence electrons. The number of para-hydroxylation sites is 1. The number of carboxylic acid groups (broad SMARTS) is 1. The molecule has 0 heterocycles. The lowest BCUT2D eigenvalue weighted by atomic mass is 10.1. The van der Waals surface area contributed by atoms with Gasteiger partial charge in [-0.05, 0) is 25.0 Å². The number of carboxylic acids is 1. The highest BCUT2D eigenvalue weighted by atomic mass is 16.5. The van der Waals surface area contributed by atoms with Crippen molar-refractivity contribution in [1.29, 1.82) is 0 Å². The molecule has 0 atom stereocenters. The van der Waals surface area contributed by atoms with Crippen molar-refractivity contribution < 1.29 is 19.4 Å². The first kappa shape index (κ1) is 16.2. The highest BCUT2D eigenvalue weighted by Crippen LogP contribution is 2.20. The van der Waals surface area contributed by atoms with Crippen LogP contribution in [-0.2, 0) is 14.3 Å². The minimum absolute atomic E-state index is 0.0260. The molecule has 0 aliphatic heterocycles. The van der Waals surface area contributed by atoms with E-state index in [9.17, 15) is 9.59 Å². The molecule has 0 fully saturated rings. The molecular weight excluding hydrogens is 258 g/mol. The molecule has 0 radical (unpaired) electrons. The molecule has 0 aromatic heterocycles. The highest BCUT2D eigenvalue weighted by Gasteiger charge is 2.18. The van der Waals surface area contributed by atoms with Crippen molar-refractivity contribution in [2.45, 2.75) is 26.7 Å². The SMILES string of the molecule is CCCOCC(=O)N(CCC(=O)O)c1ccccc1C. The van der Waals surface area contributed by atoms with Crippen molar-refractivity contribution >= 4 is 17.6 Å². The van der Waals surface area contributed by atoms with E-state index in [4.69, 9.17) is 9.84 Å². The van der Waals surface area contributed by atoms with Gasteiger partial charge in [-0.15, -0.1) is 0 Å². The fourth-order valence-electron chi connectivity index (χ4n) is 1.83. The number of aliphatic carboxylic acids is 1. The first-order valence-corrected chi connectivity index (χ1v) is 6.71. The number of amides is 1. The molecule has 1 aromatic rings. The lowest BCUT2D eigenvalue weighted by Crippen LogP contribution is -2.36. The molecule has 0 saturated heterocycles. The van der Waals surface area contributed by atoms with Crippen LogP contribution in [0.5, 0.6) is 0 Å². The maximum absolute atomic E-state index is 12.2. The maximum atomic E-state index is 12.2. The summed E-state index contributed by atoms with van der Waals surface area (Å²) >= 11 is 0. The van der Waals surface area contributed by atoms with E-state index in [0.29, 0.717) is 6.61 Å². The van der Waals surface area contributed by atoms with Crippen LogP contribution in [0, 0.1) is 6.92 Å². The zero-order valence-corrected chi connectivity index (χ0v) is 12.0. The average molecular weight is 279 g/mol. The number of nitrogens with zero attached hydrogens (tertiary/aromatic N) is 1. The molecule has 1 rings (SSSR count). The van der Waals surface area contributed by atoms with Gasteiger partial charge in [0.1, 0.15) is 6.61 Å². The smallest absolute Gasteiger partial charge is 0.305 e. The van der Waals surface area contributed by atoms with Crippen LogP contribution in [0.2, 0.25) is 0 Å². The predicted molar refractivity (Wildman–Crippen MR) is 76.9 cm³/mol. The van der Waals surface area contributed by atoms with Gasteiger partial charge in [0.15, 0.2) is 0 Å². The molecule has 0 aliphatic carbocycles. The zero-order valence-electron chi connectivity index (χ0n) is 12.0. The third kappa shape index (κ3) is 5.01. The van der Waals surface area contributed by atoms with E-state index < -0.39 is 5.97 Å². The molecule has 0 saturated carbocycles. The molecule has 5 nitrogen and oxygen atoms in total. The molecule has 0 spiro atoms. The van der Waals surface area contributed by atoms with Crippen molar-refractivity contribution in [3.63, 3.8) is 0 Å². The average Bonchev–Trinajstić information content (AvgIpc) is 2.41. The van der Waals surface area contributed by atoms with Gasteiger partial charge in [0.05, 0.1) is 6.42 Å². The molecule has 20 heavy (non-hydrogen) atoms. The van der Waals surface area contributed by atoms with E-state index in [2.05, 4.69) is 0 Å². The zero-order chi connectivity index (χ0) is 15.0. The summed E-state index contributed by atoms with van der Waals surface area (Å²) in [7, 11) is 0. The maximum Gasteiger partial charge on any atom is 0.305 e. The summed E-state index contributed by atoms with van der Waals surface area (Å²) < 4.78 is 5.26. The van der Waals surface area contributed by atoms with Gasteiger partial charge < -0.3 is 14.7 Å². The molecule has 1 aromatic carbocycles. The normalized spacial score (nSPS) is 10.3. The second-order valence-electron chi connectivity index (χ2n) is 4.53. The van der Waals surface area contributed by atoms with Gasteiger partial charge in [-0.1, -0.05) is 25.1 Å². The monoisotopic (exact) mass is 279 g/mol. The van der Waals surface area contributed by atoms with Crippen LogP contribution in [0.25, 0.3) is 0 Å². The van der Waals surface area contributed by atoms with Gasteiger partial charge >= 0.3 is 5.97 Å². The Hall–Kier alpha value is -1.88. The number of hydrogen-bond donors (Lipinski definition) is 1. The second-order valence-corrected chi connectivity index (χ2v) is 4.53. The largest absolute Gasteiger partial charge is 0.481 e. The number of carbonyl (C=O) groups excluding carboxylic acids is 1. The summed E-state index contributed by atoms with van der Waals surface area (Å²) in [6.07, 6.45) is 0.751. The topological polar surface area (TPSA) is 66.8 Å². The fourth-order valence-corrected chi connectivity index (χ4v) is 1.83. The number of anilines is 1. The number of ether oxygens (including phenoxy) is 1. The quantitative estimate of drug-likeness (QED) is 0.741. The number of rotatable bonds is 8. The van der Waals surface area contributed by atoms with Gasteiger partial charge in [0.25, 0.3) is 5.91 Å². The van der Waals surface area contributed by atoms with Crippen molar-refractivity contribution in [2.75, 3.05) is 24.7 Å². The third-order valence-corrected chi connectivity index (χ3v) is 2.83. The number of hydrogen-bond acceptors (Lipinski definition) is 3. The first-order chi connectivity index (χ1) is 9.56. The Bertz CT molecular complexity index is 459. The fraction of sp³-hybridized carbons (Fsp3) is 0.467. The molecule has 0 aliphatic rings. The van der Waals surface area contributed by atoms with Crippen molar-refractivity contribution in [3.05, 3.63) is 29.8 Å². The van der Waals surface area contributed by atoms with E-state index in [-0.39, 0.29) is 25.5 Å².